The van der Waals surface area contributed by atoms with Crippen LogP contribution in [0.4, 0.5) is 5.82 Å². The Morgan fingerprint density at radius 2 is 2.12 bits per heavy atom. The van der Waals surface area contributed by atoms with Crippen LogP contribution in [-0.4, -0.2) is 22.8 Å². The summed E-state index contributed by atoms with van der Waals surface area (Å²) in [4.78, 5) is 8.52. The molecule has 3 nitrogen and oxygen atoms in total. The van der Waals surface area contributed by atoms with E-state index in [1.807, 2.05) is 6.26 Å². The Balaban J connectivity index is 1.91. The largest absolute Gasteiger partial charge is 0.370 e. The van der Waals surface area contributed by atoms with Crippen LogP contribution in [0.3, 0.4) is 0 Å². The molecule has 0 unspecified atom stereocenters. The third kappa shape index (κ3) is 4.03. The van der Waals surface area contributed by atoms with E-state index >= 15 is 0 Å². The lowest BCUT2D eigenvalue weighted by Gasteiger charge is -2.22. The highest BCUT2D eigenvalue weighted by atomic mass is 35.5. The molecule has 1 N–H and O–H groups in total. The first-order valence-electron chi connectivity index (χ1n) is 6.10. The van der Waals surface area contributed by atoms with E-state index in [0.717, 1.165) is 23.4 Å². The molecule has 1 heterocycles. The van der Waals surface area contributed by atoms with Crippen LogP contribution in [0.15, 0.2) is 11.2 Å². The molecule has 17 heavy (non-hydrogen) atoms. The van der Waals surface area contributed by atoms with Gasteiger partial charge in [0.05, 0.1) is 0 Å². The molecule has 1 aromatic rings. The molecule has 0 aromatic carbocycles. The second kappa shape index (κ2) is 6.45. The first kappa shape index (κ1) is 13.0. The molecule has 1 aliphatic carbocycles. The second-order valence-corrected chi connectivity index (χ2v) is 5.61. The van der Waals surface area contributed by atoms with Crippen molar-refractivity contribution >= 4 is 29.2 Å². The van der Waals surface area contributed by atoms with Crippen LogP contribution in [0.2, 0.25) is 5.15 Å². The third-order valence-electron chi connectivity index (χ3n) is 3.15. The molecule has 1 saturated carbocycles. The van der Waals surface area contributed by atoms with Gasteiger partial charge in [-0.05, 0) is 25.0 Å². The number of thioether (sulfide) groups is 1. The van der Waals surface area contributed by atoms with Gasteiger partial charge in [-0.2, -0.15) is 0 Å². The van der Waals surface area contributed by atoms with Crippen LogP contribution in [0.25, 0.3) is 0 Å². The highest BCUT2D eigenvalue weighted by Gasteiger charge is 2.13. The van der Waals surface area contributed by atoms with E-state index in [9.17, 15) is 0 Å². The van der Waals surface area contributed by atoms with Crippen molar-refractivity contribution in [3.63, 3.8) is 0 Å². The molecule has 0 atom stereocenters. The van der Waals surface area contributed by atoms with E-state index in [2.05, 4.69) is 15.3 Å². The van der Waals surface area contributed by atoms with Gasteiger partial charge in [-0.1, -0.05) is 42.6 Å². The Hall–Kier alpha value is -0.480. The summed E-state index contributed by atoms with van der Waals surface area (Å²) in [6.07, 6.45) is 8.76. The van der Waals surface area contributed by atoms with Crippen molar-refractivity contribution in [2.24, 2.45) is 5.92 Å². The fourth-order valence-electron chi connectivity index (χ4n) is 2.22. The lowest BCUT2D eigenvalue weighted by atomic mass is 9.89. The van der Waals surface area contributed by atoms with Crippen molar-refractivity contribution in [2.75, 3.05) is 18.1 Å². The monoisotopic (exact) mass is 271 g/mol. The summed E-state index contributed by atoms with van der Waals surface area (Å²) in [6, 6.07) is 1.80. The zero-order valence-corrected chi connectivity index (χ0v) is 11.7. The quantitative estimate of drug-likeness (QED) is 0.513. The van der Waals surface area contributed by atoms with Crippen LogP contribution in [0.5, 0.6) is 0 Å². The van der Waals surface area contributed by atoms with Crippen molar-refractivity contribution in [1.82, 2.24) is 9.97 Å². The summed E-state index contributed by atoms with van der Waals surface area (Å²) >= 11 is 7.46. The molecule has 1 fully saturated rings. The summed E-state index contributed by atoms with van der Waals surface area (Å²) in [5.74, 6) is 1.63. The lowest BCUT2D eigenvalue weighted by molar-refractivity contribution is 0.373. The van der Waals surface area contributed by atoms with Crippen molar-refractivity contribution in [2.45, 2.75) is 37.3 Å². The average molecular weight is 272 g/mol. The first-order valence-corrected chi connectivity index (χ1v) is 7.70. The maximum atomic E-state index is 5.95. The molecule has 94 valence electrons. The van der Waals surface area contributed by atoms with Crippen molar-refractivity contribution < 1.29 is 0 Å². The average Bonchev–Trinajstić information content (AvgIpc) is 2.37. The highest BCUT2D eigenvalue weighted by molar-refractivity contribution is 7.98. The van der Waals surface area contributed by atoms with Crippen LogP contribution in [0, 0.1) is 5.92 Å². The fourth-order valence-corrected chi connectivity index (χ4v) is 2.83. The smallest absolute Gasteiger partial charge is 0.190 e. The Morgan fingerprint density at radius 3 is 2.82 bits per heavy atom. The van der Waals surface area contributed by atoms with E-state index < -0.39 is 0 Å². The standard InChI is InChI=1S/C12H18ClN3S/c1-17-12-15-10(13)7-11(16-12)14-8-9-5-3-2-4-6-9/h7,9H,2-6,8H2,1H3,(H,14,15,16). The molecule has 0 bridgehead atoms. The third-order valence-corrected chi connectivity index (χ3v) is 3.89. The number of aromatic nitrogens is 2. The molecule has 1 aromatic heterocycles. The number of hydrogen-bond acceptors (Lipinski definition) is 4. The summed E-state index contributed by atoms with van der Waals surface area (Å²) in [5, 5.41) is 4.62. The van der Waals surface area contributed by atoms with E-state index in [0.29, 0.717) is 5.15 Å². The van der Waals surface area contributed by atoms with Gasteiger partial charge in [0.2, 0.25) is 0 Å². The molecule has 0 amide bonds. The molecule has 0 saturated heterocycles. The van der Waals surface area contributed by atoms with Crippen LogP contribution < -0.4 is 5.32 Å². The van der Waals surface area contributed by atoms with Crippen molar-refractivity contribution in [3.8, 4) is 0 Å². The molecule has 0 spiro atoms. The molecule has 5 heteroatoms. The van der Waals surface area contributed by atoms with Gasteiger partial charge in [0.25, 0.3) is 0 Å². The van der Waals surface area contributed by atoms with Gasteiger partial charge < -0.3 is 5.32 Å². The molecular formula is C12H18ClN3S. The van der Waals surface area contributed by atoms with Gasteiger partial charge in [0.15, 0.2) is 5.16 Å². The predicted octanol–water partition coefficient (Wildman–Crippen LogP) is 3.84. The van der Waals surface area contributed by atoms with E-state index in [1.165, 1.54) is 43.9 Å². The predicted molar refractivity (Wildman–Crippen MR) is 73.9 cm³/mol. The van der Waals surface area contributed by atoms with E-state index in [1.54, 1.807) is 6.07 Å². The van der Waals surface area contributed by atoms with Crippen molar-refractivity contribution in [1.29, 1.82) is 0 Å². The number of rotatable bonds is 4. The van der Waals surface area contributed by atoms with Crippen LogP contribution in [-0.2, 0) is 0 Å². The highest BCUT2D eigenvalue weighted by Crippen LogP contribution is 2.24. The number of nitrogens with zero attached hydrogens (tertiary/aromatic N) is 2. The lowest BCUT2D eigenvalue weighted by Crippen LogP contribution is -2.17. The summed E-state index contributed by atoms with van der Waals surface area (Å²) < 4.78 is 0. The van der Waals surface area contributed by atoms with Gasteiger partial charge in [-0.15, -0.1) is 0 Å². The Bertz CT molecular complexity index is 367. The van der Waals surface area contributed by atoms with E-state index in [-0.39, 0.29) is 0 Å². The zero-order valence-electron chi connectivity index (χ0n) is 10.1. The summed E-state index contributed by atoms with van der Waals surface area (Å²) in [6.45, 7) is 1.00. The van der Waals surface area contributed by atoms with Crippen LogP contribution in [0.1, 0.15) is 32.1 Å². The Morgan fingerprint density at radius 1 is 1.35 bits per heavy atom. The minimum atomic E-state index is 0.510. The minimum absolute atomic E-state index is 0.510. The normalized spacial score (nSPS) is 17.1. The number of hydrogen-bond donors (Lipinski definition) is 1. The Labute approximate surface area is 112 Å². The van der Waals surface area contributed by atoms with Crippen LogP contribution >= 0.6 is 23.4 Å². The van der Waals surface area contributed by atoms with Gasteiger partial charge in [0.1, 0.15) is 11.0 Å². The molecule has 2 rings (SSSR count). The Kier molecular flexibility index (Phi) is 4.92. The zero-order chi connectivity index (χ0) is 12.1. The molecule has 0 radical (unpaired) electrons. The van der Waals surface area contributed by atoms with Crippen molar-refractivity contribution in [3.05, 3.63) is 11.2 Å². The molecule has 0 aliphatic heterocycles. The molecule has 1 aliphatic rings. The van der Waals surface area contributed by atoms with Gasteiger partial charge in [-0.25, -0.2) is 9.97 Å². The number of anilines is 1. The van der Waals surface area contributed by atoms with Gasteiger partial charge in [0, 0.05) is 12.6 Å². The number of halogens is 1. The first-order chi connectivity index (χ1) is 8.28. The second-order valence-electron chi connectivity index (χ2n) is 4.45. The molecular weight excluding hydrogens is 254 g/mol. The van der Waals surface area contributed by atoms with E-state index in [4.69, 9.17) is 11.6 Å². The summed E-state index contributed by atoms with van der Waals surface area (Å²) in [5.41, 5.74) is 0. The van der Waals surface area contributed by atoms with Gasteiger partial charge >= 0.3 is 0 Å². The maximum Gasteiger partial charge on any atom is 0.190 e. The van der Waals surface area contributed by atoms with Gasteiger partial charge in [-0.3, -0.25) is 0 Å². The fraction of sp³-hybridized carbons (Fsp3) is 0.667. The summed E-state index contributed by atoms with van der Waals surface area (Å²) in [7, 11) is 0. The number of nitrogens with one attached hydrogen (secondary N) is 1. The topological polar surface area (TPSA) is 37.8 Å². The minimum Gasteiger partial charge on any atom is -0.370 e. The maximum absolute atomic E-state index is 5.95. The SMILES string of the molecule is CSc1nc(Cl)cc(NCC2CCCCC2)n1.